The molecule has 1 unspecified atom stereocenters. The molecule has 2 saturated heterocycles. The van der Waals surface area contributed by atoms with Gasteiger partial charge in [0.1, 0.15) is 0 Å². The maximum atomic E-state index is 5.66. The molecule has 0 spiro atoms. The summed E-state index contributed by atoms with van der Waals surface area (Å²) < 4.78 is 11.0. The number of rotatable bonds is 6. The van der Waals surface area contributed by atoms with Crippen molar-refractivity contribution in [2.45, 2.75) is 31.8 Å². The minimum atomic E-state index is 0.416. The zero-order chi connectivity index (χ0) is 11.8. The molecule has 100 valence electrons. The van der Waals surface area contributed by atoms with Gasteiger partial charge >= 0.3 is 0 Å². The first-order valence-corrected chi connectivity index (χ1v) is 7.06. The number of hydrogen-bond acceptors (Lipinski definition) is 4. The third-order valence-corrected chi connectivity index (χ3v) is 3.72. The van der Waals surface area contributed by atoms with Gasteiger partial charge in [0.15, 0.2) is 0 Å². The molecule has 0 aliphatic carbocycles. The molecule has 0 saturated carbocycles. The van der Waals surface area contributed by atoms with E-state index in [0.29, 0.717) is 6.10 Å². The molecular formula is C13H26N2O2. The van der Waals surface area contributed by atoms with Gasteiger partial charge in [-0.15, -0.1) is 0 Å². The number of nitrogens with one attached hydrogen (secondary N) is 2. The third-order valence-electron chi connectivity index (χ3n) is 3.72. The molecule has 2 aliphatic heterocycles. The third kappa shape index (κ3) is 5.34. The van der Waals surface area contributed by atoms with E-state index in [-0.39, 0.29) is 0 Å². The Morgan fingerprint density at radius 2 is 1.88 bits per heavy atom. The van der Waals surface area contributed by atoms with Crippen LogP contribution in [0, 0.1) is 5.92 Å². The van der Waals surface area contributed by atoms with Crippen LogP contribution in [0.25, 0.3) is 0 Å². The lowest BCUT2D eigenvalue weighted by molar-refractivity contribution is 0.0237. The summed E-state index contributed by atoms with van der Waals surface area (Å²) in [4.78, 5) is 0. The van der Waals surface area contributed by atoms with Crippen LogP contribution in [-0.4, -0.2) is 52.1 Å². The van der Waals surface area contributed by atoms with E-state index in [9.17, 15) is 0 Å². The fourth-order valence-electron chi connectivity index (χ4n) is 2.53. The van der Waals surface area contributed by atoms with Crippen molar-refractivity contribution in [3.8, 4) is 0 Å². The topological polar surface area (TPSA) is 42.5 Å². The second-order valence-corrected chi connectivity index (χ2v) is 5.08. The van der Waals surface area contributed by atoms with Crippen LogP contribution in [0.1, 0.15) is 25.7 Å². The first-order valence-electron chi connectivity index (χ1n) is 7.06. The average Bonchev–Trinajstić information content (AvgIpc) is 2.41. The molecule has 0 amide bonds. The van der Waals surface area contributed by atoms with Crippen LogP contribution in [-0.2, 0) is 9.47 Å². The van der Waals surface area contributed by atoms with Gasteiger partial charge in [-0.1, -0.05) is 0 Å². The molecule has 4 heteroatoms. The molecule has 0 radical (unpaired) electrons. The maximum Gasteiger partial charge on any atom is 0.0712 e. The molecule has 17 heavy (non-hydrogen) atoms. The molecule has 4 nitrogen and oxygen atoms in total. The van der Waals surface area contributed by atoms with Gasteiger partial charge in [0.2, 0.25) is 0 Å². The number of hydrogen-bond donors (Lipinski definition) is 2. The van der Waals surface area contributed by atoms with Gasteiger partial charge in [0.25, 0.3) is 0 Å². The van der Waals surface area contributed by atoms with Crippen LogP contribution >= 0.6 is 0 Å². The van der Waals surface area contributed by atoms with Gasteiger partial charge in [0.05, 0.1) is 12.7 Å². The molecule has 0 aromatic rings. The Bertz CT molecular complexity index is 170. The average molecular weight is 242 g/mol. The van der Waals surface area contributed by atoms with Gasteiger partial charge < -0.3 is 20.1 Å². The highest BCUT2D eigenvalue weighted by atomic mass is 16.5. The van der Waals surface area contributed by atoms with E-state index in [0.717, 1.165) is 58.3 Å². The summed E-state index contributed by atoms with van der Waals surface area (Å²) in [7, 11) is 0. The second-order valence-electron chi connectivity index (χ2n) is 5.08. The van der Waals surface area contributed by atoms with Crippen molar-refractivity contribution in [1.29, 1.82) is 0 Å². The molecule has 2 fully saturated rings. The van der Waals surface area contributed by atoms with E-state index in [1.165, 1.54) is 19.3 Å². The summed E-state index contributed by atoms with van der Waals surface area (Å²) in [6.45, 7) is 7.04. The van der Waals surface area contributed by atoms with Crippen LogP contribution in [0.4, 0.5) is 0 Å². The van der Waals surface area contributed by atoms with E-state index in [1.807, 2.05) is 0 Å². The molecule has 0 aromatic carbocycles. The SMILES string of the molecule is C(CC1CCOCC1)NCCC1CNCCO1. The Hall–Kier alpha value is -0.160. The Kier molecular flexibility index (Phi) is 6.27. The van der Waals surface area contributed by atoms with Crippen molar-refractivity contribution in [3.63, 3.8) is 0 Å². The molecule has 2 aliphatic rings. The minimum absolute atomic E-state index is 0.416. The summed E-state index contributed by atoms with van der Waals surface area (Å²) in [5.41, 5.74) is 0. The Morgan fingerprint density at radius 3 is 2.65 bits per heavy atom. The van der Waals surface area contributed by atoms with E-state index in [4.69, 9.17) is 9.47 Å². The highest BCUT2D eigenvalue weighted by Crippen LogP contribution is 2.17. The summed E-state index contributed by atoms with van der Waals surface area (Å²) >= 11 is 0. The monoisotopic (exact) mass is 242 g/mol. The largest absolute Gasteiger partial charge is 0.381 e. The van der Waals surface area contributed by atoms with Crippen LogP contribution in [0.15, 0.2) is 0 Å². The standard InChI is InChI=1S/C13H26N2O2/c1(12-3-8-16-9-4-12)5-14-6-2-13-11-15-7-10-17-13/h12-15H,1-11H2. The normalized spacial score (nSPS) is 27.2. The van der Waals surface area contributed by atoms with Crippen molar-refractivity contribution in [2.24, 2.45) is 5.92 Å². The van der Waals surface area contributed by atoms with Crippen molar-refractivity contribution in [2.75, 3.05) is 46.0 Å². The van der Waals surface area contributed by atoms with Gasteiger partial charge in [0, 0.05) is 26.3 Å². The van der Waals surface area contributed by atoms with Crippen molar-refractivity contribution in [1.82, 2.24) is 10.6 Å². The van der Waals surface area contributed by atoms with Gasteiger partial charge in [-0.2, -0.15) is 0 Å². The van der Waals surface area contributed by atoms with Crippen molar-refractivity contribution < 1.29 is 9.47 Å². The lowest BCUT2D eigenvalue weighted by Crippen LogP contribution is -2.40. The Balaban J connectivity index is 1.42. The quantitative estimate of drug-likeness (QED) is 0.675. The number of ether oxygens (including phenoxy) is 2. The molecule has 1 atom stereocenters. The van der Waals surface area contributed by atoms with Crippen molar-refractivity contribution in [3.05, 3.63) is 0 Å². The summed E-state index contributed by atoms with van der Waals surface area (Å²) in [5.74, 6) is 0.879. The Labute approximate surface area is 104 Å². The van der Waals surface area contributed by atoms with E-state index >= 15 is 0 Å². The highest BCUT2D eigenvalue weighted by molar-refractivity contribution is 4.69. The first kappa shape index (κ1) is 13.3. The van der Waals surface area contributed by atoms with E-state index in [2.05, 4.69) is 10.6 Å². The van der Waals surface area contributed by atoms with Crippen LogP contribution in [0.5, 0.6) is 0 Å². The smallest absolute Gasteiger partial charge is 0.0712 e. The zero-order valence-electron chi connectivity index (χ0n) is 10.7. The van der Waals surface area contributed by atoms with Crippen LogP contribution < -0.4 is 10.6 Å². The van der Waals surface area contributed by atoms with Gasteiger partial charge in [-0.3, -0.25) is 0 Å². The second kappa shape index (κ2) is 8.03. The number of morpholine rings is 1. The van der Waals surface area contributed by atoms with Gasteiger partial charge in [-0.25, -0.2) is 0 Å². The predicted molar refractivity (Wildman–Crippen MR) is 68.3 cm³/mol. The molecule has 2 heterocycles. The molecule has 0 aromatic heterocycles. The zero-order valence-corrected chi connectivity index (χ0v) is 10.7. The lowest BCUT2D eigenvalue weighted by atomic mass is 9.97. The van der Waals surface area contributed by atoms with Crippen molar-refractivity contribution >= 4 is 0 Å². The Morgan fingerprint density at radius 1 is 1.06 bits per heavy atom. The molecule has 0 bridgehead atoms. The van der Waals surface area contributed by atoms with E-state index in [1.54, 1.807) is 0 Å². The molecule has 2 N–H and O–H groups in total. The predicted octanol–water partition coefficient (Wildman–Crippen LogP) is 0.771. The summed E-state index contributed by atoms with van der Waals surface area (Å²) in [5, 5.41) is 6.89. The van der Waals surface area contributed by atoms with Crippen LogP contribution in [0.3, 0.4) is 0 Å². The lowest BCUT2D eigenvalue weighted by Gasteiger charge is -2.24. The molecule has 2 rings (SSSR count). The fourth-order valence-corrected chi connectivity index (χ4v) is 2.53. The summed E-state index contributed by atoms with van der Waals surface area (Å²) in [6.07, 6.45) is 5.34. The van der Waals surface area contributed by atoms with Crippen LogP contribution in [0.2, 0.25) is 0 Å². The summed E-state index contributed by atoms with van der Waals surface area (Å²) in [6, 6.07) is 0. The van der Waals surface area contributed by atoms with E-state index < -0.39 is 0 Å². The van der Waals surface area contributed by atoms with Gasteiger partial charge in [-0.05, 0) is 44.7 Å². The first-order chi connectivity index (χ1) is 8.45. The molecular weight excluding hydrogens is 216 g/mol. The highest BCUT2D eigenvalue weighted by Gasteiger charge is 2.14. The maximum absolute atomic E-state index is 5.66. The minimum Gasteiger partial charge on any atom is -0.381 e. The fraction of sp³-hybridized carbons (Fsp3) is 1.00.